The van der Waals surface area contributed by atoms with Crippen LogP contribution in [0.1, 0.15) is 25.3 Å². The summed E-state index contributed by atoms with van der Waals surface area (Å²) in [4.78, 5) is 13.9. The Balaban J connectivity index is 1.99. The quantitative estimate of drug-likeness (QED) is 0.811. The molecule has 0 bridgehead atoms. The minimum Gasteiger partial charge on any atom is -0.364 e. The van der Waals surface area contributed by atoms with Crippen LogP contribution in [0.25, 0.3) is 0 Å². The molecule has 2 aliphatic rings. The molecule has 19 heavy (non-hydrogen) atoms. The monoisotopic (exact) mass is 264 g/mol. The number of nitrogens with one attached hydrogen (secondary N) is 1. The summed E-state index contributed by atoms with van der Waals surface area (Å²) >= 11 is 0. The van der Waals surface area contributed by atoms with E-state index in [1.807, 2.05) is 0 Å². The Morgan fingerprint density at radius 3 is 2.79 bits per heavy atom. The van der Waals surface area contributed by atoms with E-state index >= 15 is 0 Å². The van der Waals surface area contributed by atoms with Crippen LogP contribution in [0.5, 0.6) is 0 Å². The van der Waals surface area contributed by atoms with Crippen molar-refractivity contribution in [3.8, 4) is 0 Å². The van der Waals surface area contributed by atoms with Crippen molar-refractivity contribution in [3.63, 3.8) is 0 Å². The van der Waals surface area contributed by atoms with Crippen LogP contribution in [0.3, 0.4) is 0 Å². The van der Waals surface area contributed by atoms with Gasteiger partial charge < -0.3 is 10.4 Å². The Bertz CT molecular complexity index is 526. The van der Waals surface area contributed by atoms with E-state index in [4.69, 9.17) is 0 Å². The van der Waals surface area contributed by atoms with Gasteiger partial charge in [0.25, 0.3) is 5.91 Å². The Kier molecular flexibility index (Phi) is 2.83. The van der Waals surface area contributed by atoms with Gasteiger partial charge in [-0.1, -0.05) is 6.92 Å². The molecule has 102 valence electrons. The first-order chi connectivity index (χ1) is 9.01. The molecule has 1 saturated heterocycles. The summed E-state index contributed by atoms with van der Waals surface area (Å²) < 4.78 is 13.4. The van der Waals surface area contributed by atoms with E-state index in [0.717, 1.165) is 12.8 Å². The lowest BCUT2D eigenvalue weighted by atomic mass is 9.94. The van der Waals surface area contributed by atoms with Crippen LogP contribution in [-0.2, 0) is 10.5 Å². The second kappa shape index (κ2) is 4.28. The van der Waals surface area contributed by atoms with E-state index in [-0.39, 0.29) is 0 Å². The molecule has 1 fully saturated rings. The lowest BCUT2D eigenvalue weighted by molar-refractivity contribution is -0.162. The fourth-order valence-corrected chi connectivity index (χ4v) is 2.89. The van der Waals surface area contributed by atoms with E-state index in [0.29, 0.717) is 30.3 Å². The molecule has 1 aromatic carbocycles. The first-order valence-electron chi connectivity index (χ1n) is 6.60. The van der Waals surface area contributed by atoms with Gasteiger partial charge in [0.05, 0.1) is 0 Å². The largest absolute Gasteiger partial charge is 0.364 e. The predicted octanol–water partition coefficient (Wildman–Crippen LogP) is 1.65. The number of fused-ring (bicyclic) bond motifs is 1. The fourth-order valence-electron chi connectivity index (χ4n) is 2.89. The minimum atomic E-state index is -1.72. The Labute approximate surface area is 111 Å². The van der Waals surface area contributed by atoms with Gasteiger partial charge >= 0.3 is 0 Å². The second-order valence-corrected chi connectivity index (χ2v) is 5.49. The molecule has 0 aliphatic carbocycles. The Morgan fingerprint density at radius 2 is 2.11 bits per heavy atom. The first kappa shape index (κ1) is 12.6. The molecule has 2 N–H and O–H groups in total. The van der Waals surface area contributed by atoms with E-state index in [9.17, 15) is 14.3 Å². The van der Waals surface area contributed by atoms with Crippen molar-refractivity contribution in [2.24, 2.45) is 5.92 Å². The summed E-state index contributed by atoms with van der Waals surface area (Å²) in [5.74, 6) is -0.335. The summed E-state index contributed by atoms with van der Waals surface area (Å²) in [6.45, 7) is 3.44. The third-order valence-corrected chi connectivity index (χ3v) is 4.16. The smallest absolute Gasteiger partial charge is 0.276 e. The van der Waals surface area contributed by atoms with Crippen molar-refractivity contribution >= 4 is 11.6 Å². The van der Waals surface area contributed by atoms with Crippen molar-refractivity contribution in [2.45, 2.75) is 25.5 Å². The van der Waals surface area contributed by atoms with Crippen molar-refractivity contribution in [2.75, 3.05) is 18.4 Å². The standard InChI is InChI=1S/C14H17FN2O2/c1-9-4-6-17(7-5-9)14(19)11-8-10(15)2-3-12(11)16-13(14)18/h2-3,8-9,19H,4-7H2,1H3,(H,16,18). The zero-order valence-electron chi connectivity index (χ0n) is 10.8. The molecule has 4 nitrogen and oxygen atoms in total. The number of likely N-dealkylation sites (tertiary alicyclic amines) is 1. The second-order valence-electron chi connectivity index (χ2n) is 5.49. The molecule has 2 aliphatic heterocycles. The summed E-state index contributed by atoms with van der Waals surface area (Å²) in [5, 5.41) is 13.4. The molecule has 3 rings (SSSR count). The first-order valence-corrected chi connectivity index (χ1v) is 6.60. The average molecular weight is 264 g/mol. The number of piperidine rings is 1. The molecule has 0 radical (unpaired) electrons. The van der Waals surface area contributed by atoms with Gasteiger partial charge in [0.2, 0.25) is 5.72 Å². The van der Waals surface area contributed by atoms with Gasteiger partial charge in [-0.2, -0.15) is 0 Å². The minimum absolute atomic E-state index is 0.326. The molecular formula is C14H17FN2O2. The molecule has 1 atom stereocenters. The highest BCUT2D eigenvalue weighted by Gasteiger charge is 2.50. The number of nitrogens with zero attached hydrogens (tertiary/aromatic N) is 1. The number of amides is 1. The summed E-state index contributed by atoms with van der Waals surface area (Å²) in [5.41, 5.74) is -0.906. The molecule has 1 unspecified atom stereocenters. The van der Waals surface area contributed by atoms with E-state index < -0.39 is 17.4 Å². The highest BCUT2D eigenvalue weighted by atomic mass is 19.1. The third kappa shape index (κ3) is 1.84. The van der Waals surface area contributed by atoms with Crippen LogP contribution in [0.2, 0.25) is 0 Å². The Hall–Kier alpha value is -1.46. The number of anilines is 1. The van der Waals surface area contributed by atoms with Crippen molar-refractivity contribution in [1.29, 1.82) is 0 Å². The number of benzene rings is 1. The average Bonchev–Trinajstić information content (AvgIpc) is 2.64. The van der Waals surface area contributed by atoms with Gasteiger partial charge in [0, 0.05) is 24.3 Å². The molecule has 0 spiro atoms. The zero-order valence-corrected chi connectivity index (χ0v) is 10.8. The van der Waals surface area contributed by atoms with Gasteiger partial charge in [-0.25, -0.2) is 4.39 Å². The van der Waals surface area contributed by atoms with E-state index in [1.165, 1.54) is 18.2 Å². The molecule has 0 saturated carbocycles. The fraction of sp³-hybridized carbons (Fsp3) is 0.500. The highest BCUT2D eigenvalue weighted by molar-refractivity contribution is 6.04. The number of rotatable bonds is 1. The van der Waals surface area contributed by atoms with Gasteiger partial charge in [-0.05, 0) is 37.0 Å². The van der Waals surface area contributed by atoms with Gasteiger partial charge in [0.15, 0.2) is 0 Å². The van der Waals surface area contributed by atoms with E-state index in [1.54, 1.807) is 4.90 Å². The molecule has 1 amide bonds. The third-order valence-electron chi connectivity index (χ3n) is 4.16. The zero-order chi connectivity index (χ0) is 13.6. The number of carbonyl (C=O) groups excluding carboxylic acids is 1. The lowest BCUT2D eigenvalue weighted by Crippen LogP contribution is -2.53. The molecule has 0 aromatic heterocycles. The number of hydrogen-bond acceptors (Lipinski definition) is 3. The highest BCUT2D eigenvalue weighted by Crippen LogP contribution is 2.40. The van der Waals surface area contributed by atoms with Crippen molar-refractivity contribution < 1.29 is 14.3 Å². The van der Waals surface area contributed by atoms with Crippen LogP contribution in [0.4, 0.5) is 10.1 Å². The van der Waals surface area contributed by atoms with Crippen LogP contribution in [0, 0.1) is 11.7 Å². The summed E-state index contributed by atoms with van der Waals surface area (Å²) in [6, 6.07) is 4.02. The lowest BCUT2D eigenvalue weighted by Gasteiger charge is -2.39. The molecule has 1 aromatic rings. The number of halogens is 1. The maximum atomic E-state index is 13.4. The topological polar surface area (TPSA) is 52.6 Å². The summed E-state index contributed by atoms with van der Waals surface area (Å²) in [7, 11) is 0. The molecule has 5 heteroatoms. The van der Waals surface area contributed by atoms with Gasteiger partial charge in [0.1, 0.15) is 5.82 Å². The molecule has 2 heterocycles. The SMILES string of the molecule is CC1CCN(C2(O)C(=O)Nc3ccc(F)cc32)CC1. The Morgan fingerprint density at radius 1 is 1.42 bits per heavy atom. The van der Waals surface area contributed by atoms with Gasteiger partial charge in [-0.3, -0.25) is 9.69 Å². The van der Waals surface area contributed by atoms with Crippen molar-refractivity contribution in [3.05, 3.63) is 29.6 Å². The van der Waals surface area contributed by atoms with E-state index in [2.05, 4.69) is 12.2 Å². The van der Waals surface area contributed by atoms with Crippen LogP contribution < -0.4 is 5.32 Å². The number of hydrogen-bond donors (Lipinski definition) is 2. The number of carbonyl (C=O) groups is 1. The molecular weight excluding hydrogens is 247 g/mol. The van der Waals surface area contributed by atoms with Crippen LogP contribution in [0.15, 0.2) is 18.2 Å². The number of aliphatic hydroxyl groups is 1. The predicted molar refractivity (Wildman–Crippen MR) is 68.9 cm³/mol. The summed E-state index contributed by atoms with van der Waals surface area (Å²) in [6.07, 6.45) is 1.86. The van der Waals surface area contributed by atoms with Gasteiger partial charge in [-0.15, -0.1) is 0 Å². The normalized spacial score (nSPS) is 28.3. The van der Waals surface area contributed by atoms with Crippen LogP contribution in [-0.4, -0.2) is 29.0 Å². The maximum absolute atomic E-state index is 13.4. The maximum Gasteiger partial charge on any atom is 0.276 e. The van der Waals surface area contributed by atoms with Crippen LogP contribution >= 0.6 is 0 Å². The van der Waals surface area contributed by atoms with Crippen molar-refractivity contribution in [1.82, 2.24) is 4.90 Å².